The van der Waals surface area contributed by atoms with Crippen LogP contribution in [-0.2, 0) is 9.09 Å². The van der Waals surface area contributed by atoms with Crippen LogP contribution in [0.5, 0.6) is 0 Å². The van der Waals surface area contributed by atoms with E-state index in [9.17, 15) is 4.57 Å². The Hall–Kier alpha value is 0.110. The molecular weight excluding hydrogens is 239 g/mol. The molecule has 17 heavy (non-hydrogen) atoms. The summed E-state index contributed by atoms with van der Waals surface area (Å²) in [4.78, 5) is 17.8. The van der Waals surface area contributed by atoms with Crippen LogP contribution in [-0.4, -0.2) is 15.9 Å². The van der Waals surface area contributed by atoms with Gasteiger partial charge in [0, 0.05) is 0 Å². The minimum atomic E-state index is -4.34. The Kier molecular flexibility index (Phi) is 5.65. The van der Waals surface area contributed by atoms with Crippen molar-refractivity contribution in [3.63, 3.8) is 0 Å². The van der Waals surface area contributed by atoms with Crippen molar-refractivity contribution in [1.82, 2.24) is 0 Å². The monoisotopic (exact) mass is 264 g/mol. The van der Waals surface area contributed by atoms with E-state index in [2.05, 4.69) is 20.8 Å². The van der Waals surface area contributed by atoms with Gasteiger partial charge in [0.25, 0.3) is 0 Å². The smallest absolute Gasteiger partial charge is 0.303 e. The van der Waals surface area contributed by atoms with Gasteiger partial charge >= 0.3 is 7.82 Å². The molecule has 1 rings (SSSR count). The molecule has 0 radical (unpaired) electrons. The summed E-state index contributed by atoms with van der Waals surface area (Å²) in [5, 5.41) is 0. The second-order valence-corrected chi connectivity index (χ2v) is 6.78. The number of phosphoric acid groups is 1. The van der Waals surface area contributed by atoms with Crippen LogP contribution >= 0.6 is 7.82 Å². The minimum Gasteiger partial charge on any atom is -0.303 e. The molecular formula is C12H25O4P. The molecule has 1 fully saturated rings. The summed E-state index contributed by atoms with van der Waals surface area (Å²) >= 11 is 0. The Morgan fingerprint density at radius 2 is 1.94 bits per heavy atom. The van der Waals surface area contributed by atoms with E-state index in [4.69, 9.17) is 14.3 Å². The van der Waals surface area contributed by atoms with Crippen LogP contribution in [0.2, 0.25) is 0 Å². The van der Waals surface area contributed by atoms with Crippen molar-refractivity contribution >= 4 is 7.82 Å². The Bertz CT molecular complexity index is 274. The summed E-state index contributed by atoms with van der Waals surface area (Å²) in [7, 11) is -4.34. The number of rotatable bonds is 5. The van der Waals surface area contributed by atoms with E-state index in [0.29, 0.717) is 17.8 Å². The summed E-state index contributed by atoms with van der Waals surface area (Å²) in [5.41, 5.74) is 0. The molecule has 0 aromatic carbocycles. The van der Waals surface area contributed by atoms with Crippen LogP contribution in [0.1, 0.15) is 52.9 Å². The van der Waals surface area contributed by atoms with Crippen LogP contribution in [0.4, 0.5) is 0 Å². The van der Waals surface area contributed by atoms with Crippen molar-refractivity contribution in [2.75, 3.05) is 0 Å². The molecule has 4 nitrogen and oxygen atoms in total. The highest BCUT2D eigenvalue weighted by atomic mass is 31.2. The van der Waals surface area contributed by atoms with Crippen molar-refractivity contribution in [3.8, 4) is 0 Å². The van der Waals surface area contributed by atoms with Crippen molar-refractivity contribution in [2.45, 2.75) is 59.0 Å². The number of hydrogen-bond acceptors (Lipinski definition) is 2. The second-order valence-electron chi connectivity index (χ2n) is 5.58. The van der Waals surface area contributed by atoms with Gasteiger partial charge in [-0.2, -0.15) is 0 Å². The fraction of sp³-hybridized carbons (Fsp3) is 1.00. The molecule has 1 aliphatic rings. The molecule has 0 aromatic rings. The largest absolute Gasteiger partial charge is 0.469 e. The molecule has 0 bridgehead atoms. The van der Waals surface area contributed by atoms with Gasteiger partial charge in [0.15, 0.2) is 0 Å². The molecule has 1 aliphatic carbocycles. The van der Waals surface area contributed by atoms with E-state index in [0.717, 1.165) is 25.7 Å². The normalized spacial score (nSPS) is 30.8. The Morgan fingerprint density at radius 3 is 2.41 bits per heavy atom. The zero-order chi connectivity index (χ0) is 13.1. The van der Waals surface area contributed by atoms with Crippen LogP contribution in [0.3, 0.4) is 0 Å². The van der Waals surface area contributed by atoms with Gasteiger partial charge in [0.2, 0.25) is 0 Å². The summed E-state index contributed by atoms with van der Waals surface area (Å²) in [6.07, 6.45) is 4.73. The van der Waals surface area contributed by atoms with Gasteiger partial charge in [-0.05, 0) is 37.0 Å². The molecule has 1 saturated carbocycles. The van der Waals surface area contributed by atoms with Gasteiger partial charge in [0.05, 0.1) is 6.10 Å². The van der Waals surface area contributed by atoms with Crippen LogP contribution in [0, 0.1) is 17.8 Å². The van der Waals surface area contributed by atoms with E-state index < -0.39 is 7.82 Å². The standard InChI is InChI=1S/C12H25O4P/c1-4-5-10-6-11(9(2)3)8-12(7-10)16-17(13,14)15/h9-12H,4-8H2,1-3H3,(H2,13,14,15)/t10-,11+,12-/m0/s1. The summed E-state index contributed by atoms with van der Waals surface area (Å²) in [6.45, 7) is 6.50. The predicted molar refractivity (Wildman–Crippen MR) is 67.5 cm³/mol. The first-order chi connectivity index (χ1) is 7.81. The van der Waals surface area contributed by atoms with E-state index >= 15 is 0 Å². The lowest BCUT2D eigenvalue weighted by Crippen LogP contribution is -2.30. The third kappa shape index (κ3) is 5.52. The van der Waals surface area contributed by atoms with Crippen molar-refractivity contribution in [3.05, 3.63) is 0 Å². The molecule has 5 heteroatoms. The van der Waals surface area contributed by atoms with Crippen molar-refractivity contribution in [1.29, 1.82) is 0 Å². The zero-order valence-electron chi connectivity index (χ0n) is 11.0. The molecule has 0 heterocycles. The van der Waals surface area contributed by atoms with Gasteiger partial charge in [-0.25, -0.2) is 4.57 Å². The highest BCUT2D eigenvalue weighted by Crippen LogP contribution is 2.45. The lowest BCUT2D eigenvalue weighted by molar-refractivity contribution is 0.0456. The maximum atomic E-state index is 10.9. The second kappa shape index (κ2) is 6.33. The quantitative estimate of drug-likeness (QED) is 0.747. The average molecular weight is 264 g/mol. The Balaban J connectivity index is 2.61. The first-order valence-corrected chi connectivity index (χ1v) is 8.08. The van der Waals surface area contributed by atoms with Gasteiger partial charge in [-0.1, -0.05) is 33.6 Å². The molecule has 3 atom stereocenters. The average Bonchev–Trinajstić information content (AvgIpc) is 2.14. The first-order valence-electron chi connectivity index (χ1n) is 6.55. The third-order valence-electron chi connectivity index (χ3n) is 3.72. The van der Waals surface area contributed by atoms with Gasteiger partial charge in [-0.3, -0.25) is 4.52 Å². The lowest BCUT2D eigenvalue weighted by atomic mass is 9.73. The topological polar surface area (TPSA) is 66.8 Å². The highest BCUT2D eigenvalue weighted by Gasteiger charge is 2.33. The van der Waals surface area contributed by atoms with Gasteiger partial charge in [0.1, 0.15) is 0 Å². The molecule has 2 N–H and O–H groups in total. The summed E-state index contributed by atoms with van der Waals surface area (Å²) in [6, 6.07) is 0. The minimum absolute atomic E-state index is 0.270. The third-order valence-corrected chi connectivity index (χ3v) is 4.30. The number of phosphoric ester groups is 1. The Labute approximate surface area is 104 Å². The highest BCUT2D eigenvalue weighted by molar-refractivity contribution is 7.46. The fourth-order valence-corrected chi connectivity index (χ4v) is 3.46. The summed E-state index contributed by atoms with van der Waals surface area (Å²) in [5.74, 6) is 1.63. The lowest BCUT2D eigenvalue weighted by Gasteiger charge is -2.36. The molecule has 102 valence electrons. The fourth-order valence-electron chi connectivity index (χ4n) is 2.89. The first kappa shape index (κ1) is 15.2. The SMILES string of the molecule is CCC[C@@H]1C[C@H](OP(=O)(O)O)C[C@H](C(C)C)C1. The molecule has 0 spiro atoms. The number of hydrogen-bond donors (Lipinski definition) is 2. The van der Waals surface area contributed by atoms with Crippen LogP contribution in [0.25, 0.3) is 0 Å². The van der Waals surface area contributed by atoms with Crippen molar-refractivity contribution < 1.29 is 18.9 Å². The van der Waals surface area contributed by atoms with E-state index in [-0.39, 0.29) is 6.10 Å². The van der Waals surface area contributed by atoms with Gasteiger partial charge in [-0.15, -0.1) is 0 Å². The van der Waals surface area contributed by atoms with Gasteiger partial charge < -0.3 is 9.79 Å². The predicted octanol–water partition coefficient (Wildman–Crippen LogP) is 3.34. The van der Waals surface area contributed by atoms with E-state index in [1.165, 1.54) is 6.42 Å². The molecule has 0 aliphatic heterocycles. The summed E-state index contributed by atoms with van der Waals surface area (Å²) < 4.78 is 15.8. The van der Waals surface area contributed by atoms with Crippen molar-refractivity contribution in [2.24, 2.45) is 17.8 Å². The maximum absolute atomic E-state index is 10.9. The molecule has 0 amide bonds. The maximum Gasteiger partial charge on any atom is 0.469 e. The molecule has 0 saturated heterocycles. The van der Waals surface area contributed by atoms with E-state index in [1.54, 1.807) is 0 Å². The van der Waals surface area contributed by atoms with E-state index in [1.807, 2.05) is 0 Å². The molecule has 0 aromatic heterocycles. The Morgan fingerprint density at radius 1 is 1.29 bits per heavy atom. The molecule has 0 unspecified atom stereocenters. The van der Waals surface area contributed by atoms with Crippen LogP contribution < -0.4 is 0 Å². The van der Waals surface area contributed by atoms with Crippen LogP contribution in [0.15, 0.2) is 0 Å². The zero-order valence-corrected chi connectivity index (χ0v) is 11.9.